The number of carbonyl (C=O) groups is 3. The normalized spacial score (nSPS) is 10.5. The number of methoxy groups -OCH3 is 4. The van der Waals surface area contributed by atoms with E-state index >= 15 is 0 Å². The summed E-state index contributed by atoms with van der Waals surface area (Å²) in [5.74, 6) is -0.00617. The number of carbonyl (C=O) groups excluding carboxylic acids is 3. The molecule has 0 unspecified atom stereocenters. The molecule has 0 aliphatic heterocycles. The van der Waals surface area contributed by atoms with Crippen LogP contribution in [0.2, 0.25) is 0 Å². The minimum absolute atomic E-state index is 0.209. The molecule has 0 aromatic heterocycles. The number of hydrogen-bond donors (Lipinski definition) is 0. The van der Waals surface area contributed by atoms with E-state index in [-0.39, 0.29) is 17.1 Å². The van der Waals surface area contributed by atoms with Crippen molar-refractivity contribution < 1.29 is 38.1 Å². The third kappa shape index (κ3) is 6.05. The second kappa shape index (κ2) is 11.5. The third-order valence-electron chi connectivity index (χ3n) is 5.01. The highest BCUT2D eigenvalue weighted by Crippen LogP contribution is 2.38. The number of rotatable bonds is 9. The number of allylic oxidation sites excluding steroid dienone is 1. The quantitative estimate of drug-likeness (QED) is 0.191. The van der Waals surface area contributed by atoms with Gasteiger partial charge in [-0.2, -0.15) is 0 Å². The van der Waals surface area contributed by atoms with Crippen molar-refractivity contribution in [2.24, 2.45) is 0 Å². The molecule has 0 aliphatic rings. The fourth-order valence-corrected chi connectivity index (χ4v) is 3.17. The van der Waals surface area contributed by atoms with Crippen molar-refractivity contribution in [2.75, 3.05) is 28.4 Å². The Balaban J connectivity index is 1.68. The van der Waals surface area contributed by atoms with Gasteiger partial charge in [0.25, 0.3) is 0 Å². The summed E-state index contributed by atoms with van der Waals surface area (Å²) >= 11 is 0. The average molecular weight is 476 g/mol. The van der Waals surface area contributed by atoms with Crippen LogP contribution >= 0.6 is 0 Å². The molecule has 0 radical (unpaired) electrons. The lowest BCUT2D eigenvalue weighted by Gasteiger charge is -2.13. The second-order valence-corrected chi connectivity index (χ2v) is 7.14. The standard InChI is InChI=1S/C27H24O8/c1-31-23-15-20(16-24(32-2)25(23)33-3)27(30)35-21-12-10-18(11-13-21)22(28)14-7-17-5-8-19(9-6-17)26(29)34-4/h5-16H,1-4H3/b14-7+. The Hall–Kier alpha value is -4.59. The number of ether oxygens (including phenoxy) is 5. The van der Waals surface area contributed by atoms with Crippen molar-refractivity contribution >= 4 is 23.8 Å². The van der Waals surface area contributed by atoms with Crippen molar-refractivity contribution in [2.45, 2.75) is 0 Å². The molecule has 3 aromatic carbocycles. The van der Waals surface area contributed by atoms with Gasteiger partial charge in [0, 0.05) is 5.56 Å². The Bertz CT molecular complexity index is 1220. The van der Waals surface area contributed by atoms with E-state index in [9.17, 15) is 14.4 Å². The van der Waals surface area contributed by atoms with Crippen molar-refractivity contribution in [3.8, 4) is 23.0 Å². The van der Waals surface area contributed by atoms with Gasteiger partial charge in [-0.1, -0.05) is 18.2 Å². The van der Waals surface area contributed by atoms with E-state index in [4.69, 9.17) is 18.9 Å². The fourth-order valence-electron chi connectivity index (χ4n) is 3.17. The number of benzene rings is 3. The molecule has 0 saturated heterocycles. The summed E-state index contributed by atoms with van der Waals surface area (Å²) in [5.41, 5.74) is 1.80. The first kappa shape index (κ1) is 25.0. The molecular weight excluding hydrogens is 452 g/mol. The van der Waals surface area contributed by atoms with Crippen molar-refractivity contribution in [3.05, 3.63) is 89.0 Å². The van der Waals surface area contributed by atoms with Crippen LogP contribution in [0.15, 0.2) is 66.7 Å². The monoisotopic (exact) mass is 476 g/mol. The average Bonchev–Trinajstić information content (AvgIpc) is 2.90. The van der Waals surface area contributed by atoms with Crippen molar-refractivity contribution in [1.29, 1.82) is 0 Å². The molecule has 180 valence electrons. The lowest BCUT2D eigenvalue weighted by atomic mass is 10.1. The Morgan fingerprint density at radius 1 is 0.657 bits per heavy atom. The molecule has 8 nitrogen and oxygen atoms in total. The van der Waals surface area contributed by atoms with E-state index in [2.05, 4.69) is 4.74 Å². The third-order valence-corrected chi connectivity index (χ3v) is 5.01. The van der Waals surface area contributed by atoms with Gasteiger partial charge in [-0.3, -0.25) is 4.79 Å². The minimum atomic E-state index is -0.626. The van der Waals surface area contributed by atoms with Crippen molar-refractivity contribution in [3.63, 3.8) is 0 Å². The molecule has 0 N–H and O–H groups in total. The van der Waals surface area contributed by atoms with Crippen LogP contribution in [0.1, 0.15) is 36.6 Å². The van der Waals surface area contributed by atoms with Crippen LogP contribution < -0.4 is 18.9 Å². The Kier molecular flexibility index (Phi) is 8.24. The summed E-state index contributed by atoms with van der Waals surface area (Å²) in [6.07, 6.45) is 3.06. The maximum absolute atomic E-state index is 12.6. The molecule has 35 heavy (non-hydrogen) atoms. The fraction of sp³-hybridized carbons (Fsp3) is 0.148. The largest absolute Gasteiger partial charge is 0.493 e. The van der Waals surface area contributed by atoms with Gasteiger partial charge < -0.3 is 23.7 Å². The molecule has 3 aromatic rings. The molecule has 0 saturated carbocycles. The smallest absolute Gasteiger partial charge is 0.343 e. The number of hydrogen-bond acceptors (Lipinski definition) is 8. The van der Waals surface area contributed by atoms with E-state index in [0.29, 0.717) is 28.4 Å². The molecule has 0 aliphatic carbocycles. The molecule has 0 bridgehead atoms. The maximum atomic E-state index is 12.6. The van der Waals surface area contributed by atoms with Gasteiger partial charge in [0.1, 0.15) is 5.75 Å². The lowest BCUT2D eigenvalue weighted by Crippen LogP contribution is -2.10. The van der Waals surface area contributed by atoms with Gasteiger partial charge >= 0.3 is 11.9 Å². The zero-order chi connectivity index (χ0) is 25.4. The Labute approximate surface area is 202 Å². The molecule has 0 atom stereocenters. The highest BCUT2D eigenvalue weighted by Gasteiger charge is 2.18. The summed E-state index contributed by atoms with van der Waals surface area (Å²) in [4.78, 5) is 36.6. The maximum Gasteiger partial charge on any atom is 0.343 e. The summed E-state index contributed by atoms with van der Waals surface area (Å²) in [6, 6.07) is 15.8. The topological polar surface area (TPSA) is 97.4 Å². The van der Waals surface area contributed by atoms with Crippen LogP contribution in [0.25, 0.3) is 6.08 Å². The van der Waals surface area contributed by atoms with Crippen LogP contribution in [-0.4, -0.2) is 46.2 Å². The second-order valence-electron chi connectivity index (χ2n) is 7.14. The van der Waals surface area contributed by atoms with Gasteiger partial charge in [0.15, 0.2) is 17.3 Å². The van der Waals surface area contributed by atoms with Gasteiger partial charge in [-0.25, -0.2) is 9.59 Å². The van der Waals surface area contributed by atoms with E-state index < -0.39 is 11.9 Å². The summed E-state index contributed by atoms with van der Waals surface area (Å²) in [7, 11) is 5.69. The van der Waals surface area contributed by atoms with Crippen LogP contribution in [0.4, 0.5) is 0 Å². The van der Waals surface area contributed by atoms with Crippen LogP contribution in [0.3, 0.4) is 0 Å². The van der Waals surface area contributed by atoms with Gasteiger partial charge in [-0.05, 0) is 60.2 Å². The Morgan fingerprint density at radius 3 is 1.74 bits per heavy atom. The predicted octanol–water partition coefficient (Wildman–Crippen LogP) is 4.61. The van der Waals surface area contributed by atoms with Gasteiger partial charge in [-0.15, -0.1) is 0 Å². The van der Waals surface area contributed by atoms with Gasteiger partial charge in [0.05, 0.1) is 39.6 Å². The SMILES string of the molecule is COC(=O)c1ccc(/C=C/C(=O)c2ccc(OC(=O)c3cc(OC)c(OC)c(OC)c3)cc2)cc1. The van der Waals surface area contributed by atoms with Gasteiger partial charge in [0.2, 0.25) is 5.75 Å². The molecule has 0 amide bonds. The first-order chi connectivity index (χ1) is 16.9. The summed E-state index contributed by atoms with van der Waals surface area (Å²) < 4.78 is 25.9. The highest BCUT2D eigenvalue weighted by atomic mass is 16.5. The Morgan fingerprint density at radius 2 is 1.23 bits per heavy atom. The molecule has 3 rings (SSSR count). The first-order valence-electron chi connectivity index (χ1n) is 10.4. The van der Waals surface area contributed by atoms with Crippen LogP contribution in [0, 0.1) is 0 Å². The van der Waals surface area contributed by atoms with E-state index in [1.807, 2.05) is 0 Å². The van der Waals surface area contributed by atoms with E-state index in [1.54, 1.807) is 42.5 Å². The minimum Gasteiger partial charge on any atom is -0.493 e. The predicted molar refractivity (Wildman–Crippen MR) is 129 cm³/mol. The van der Waals surface area contributed by atoms with Crippen LogP contribution in [-0.2, 0) is 4.74 Å². The van der Waals surface area contributed by atoms with E-state index in [1.165, 1.54) is 58.8 Å². The molecule has 0 fully saturated rings. The highest BCUT2D eigenvalue weighted by molar-refractivity contribution is 6.07. The summed E-state index contributed by atoms with van der Waals surface area (Å²) in [5, 5.41) is 0. The molecule has 0 spiro atoms. The van der Waals surface area contributed by atoms with Crippen molar-refractivity contribution in [1.82, 2.24) is 0 Å². The lowest BCUT2D eigenvalue weighted by molar-refractivity contribution is 0.0600. The molecule has 0 heterocycles. The first-order valence-corrected chi connectivity index (χ1v) is 10.4. The zero-order valence-electron chi connectivity index (χ0n) is 19.7. The molecule has 8 heteroatoms. The van der Waals surface area contributed by atoms with E-state index in [0.717, 1.165) is 5.56 Å². The number of esters is 2. The molecular formula is C27H24O8. The van der Waals surface area contributed by atoms with Crippen LogP contribution in [0.5, 0.6) is 23.0 Å². The number of ketones is 1. The zero-order valence-corrected chi connectivity index (χ0v) is 19.7. The summed E-state index contributed by atoms with van der Waals surface area (Å²) in [6.45, 7) is 0.